The van der Waals surface area contributed by atoms with Crippen molar-refractivity contribution in [3.05, 3.63) is 28.0 Å². The smallest absolute Gasteiger partial charge is 0.325 e. The maximum Gasteiger partial charge on any atom is 0.325 e. The second-order valence-corrected chi connectivity index (χ2v) is 3.86. The van der Waals surface area contributed by atoms with Crippen LogP contribution in [-0.4, -0.2) is 25.8 Å². The van der Waals surface area contributed by atoms with Gasteiger partial charge in [-0.3, -0.25) is 10.2 Å². The Labute approximate surface area is 100 Å². The molecule has 1 aromatic rings. The quantitative estimate of drug-likeness (QED) is 0.621. The summed E-state index contributed by atoms with van der Waals surface area (Å²) in [7, 11) is 1.28. The number of carbonyl (C=O) groups excluding carboxylic acids is 1. The number of hydrogen-bond donors (Lipinski definition) is 2. The molecule has 0 radical (unpaired) electrons. The van der Waals surface area contributed by atoms with E-state index in [1.54, 1.807) is 6.07 Å². The van der Waals surface area contributed by atoms with Gasteiger partial charge in [-0.2, -0.15) is 0 Å². The lowest BCUT2D eigenvalue weighted by molar-refractivity contribution is -0.138. The van der Waals surface area contributed by atoms with Crippen LogP contribution in [0.2, 0.25) is 0 Å². The molecule has 0 fully saturated rings. The molecule has 86 valence electrons. The third-order valence-electron chi connectivity index (χ3n) is 1.91. The summed E-state index contributed by atoms with van der Waals surface area (Å²) in [5, 5.41) is 8.04. The van der Waals surface area contributed by atoms with Crippen molar-refractivity contribution in [2.75, 3.05) is 19.0 Å². The molecule has 0 bridgehead atoms. The van der Waals surface area contributed by atoms with Gasteiger partial charge in [-0.25, -0.2) is 4.39 Å². The van der Waals surface area contributed by atoms with Gasteiger partial charge in [-0.15, -0.1) is 0 Å². The van der Waals surface area contributed by atoms with Gasteiger partial charge in [-0.05, 0) is 12.1 Å². The Morgan fingerprint density at radius 3 is 2.94 bits per heavy atom. The second-order valence-electron chi connectivity index (χ2n) is 2.95. The molecule has 1 aromatic carbocycles. The highest BCUT2D eigenvalue weighted by atomic mass is 79.9. The average Bonchev–Trinajstić information content (AvgIpc) is 2.25. The summed E-state index contributed by atoms with van der Waals surface area (Å²) in [6.07, 6.45) is 1.14. The first-order chi connectivity index (χ1) is 7.58. The van der Waals surface area contributed by atoms with Gasteiger partial charge in [0.1, 0.15) is 12.4 Å². The molecule has 16 heavy (non-hydrogen) atoms. The molecular formula is C10H11BrFN2O2+. The van der Waals surface area contributed by atoms with Crippen molar-refractivity contribution in [2.45, 2.75) is 0 Å². The molecule has 0 unspecified atom stereocenters. The van der Waals surface area contributed by atoms with Gasteiger partial charge in [0.2, 0.25) is 0 Å². The topological polar surface area (TPSA) is 63.9 Å². The van der Waals surface area contributed by atoms with E-state index in [4.69, 9.17) is 5.41 Å². The van der Waals surface area contributed by atoms with Crippen LogP contribution in [-0.2, 0) is 9.53 Å². The maximum absolute atomic E-state index is 13.4. The SMILES string of the molecule is COC(=O)CNc1cc(Br)cc(F)c1C=[NH2+]. The maximum atomic E-state index is 13.4. The van der Waals surface area contributed by atoms with E-state index in [1.165, 1.54) is 13.2 Å². The molecule has 0 aromatic heterocycles. The standard InChI is InChI=1S/C10H10BrFN2O2/c1-16-10(15)5-14-9-3-6(11)2-8(12)7(9)4-13/h2-4,13-14H,5H2,1H3/p+1. The van der Waals surface area contributed by atoms with E-state index in [0.717, 1.165) is 6.21 Å². The normalized spacial score (nSPS) is 9.69. The number of anilines is 1. The van der Waals surface area contributed by atoms with Gasteiger partial charge in [0.15, 0.2) is 6.21 Å². The Morgan fingerprint density at radius 2 is 2.38 bits per heavy atom. The lowest BCUT2D eigenvalue weighted by Crippen LogP contribution is -2.31. The summed E-state index contributed by atoms with van der Waals surface area (Å²) in [5.41, 5.74) is 0.645. The van der Waals surface area contributed by atoms with E-state index in [2.05, 4.69) is 26.0 Å². The first-order valence-electron chi connectivity index (χ1n) is 4.43. The number of hydrogen-bond acceptors (Lipinski definition) is 3. The van der Waals surface area contributed by atoms with Crippen molar-refractivity contribution < 1.29 is 19.3 Å². The predicted octanol–water partition coefficient (Wildman–Crippen LogP) is 0.351. The Bertz CT molecular complexity index is 424. The first-order valence-corrected chi connectivity index (χ1v) is 5.22. The van der Waals surface area contributed by atoms with Crippen LogP contribution in [0.1, 0.15) is 5.56 Å². The summed E-state index contributed by atoms with van der Waals surface area (Å²) < 4.78 is 18.4. The van der Waals surface area contributed by atoms with E-state index in [0.29, 0.717) is 10.2 Å². The molecule has 0 aliphatic rings. The summed E-state index contributed by atoms with van der Waals surface area (Å²) in [5.74, 6) is -0.910. The average molecular weight is 290 g/mol. The number of carbonyl (C=O) groups is 1. The second kappa shape index (κ2) is 5.60. The number of nitrogens with one attached hydrogen (secondary N) is 1. The zero-order valence-corrected chi connectivity index (χ0v) is 10.2. The van der Waals surface area contributed by atoms with Crippen molar-refractivity contribution in [3.63, 3.8) is 0 Å². The van der Waals surface area contributed by atoms with Gasteiger partial charge in [0.25, 0.3) is 0 Å². The number of nitrogens with two attached hydrogens (primary N) is 1. The first kappa shape index (κ1) is 12.6. The van der Waals surface area contributed by atoms with E-state index in [1.807, 2.05) is 0 Å². The molecule has 0 spiro atoms. The molecule has 0 heterocycles. The minimum atomic E-state index is -0.468. The number of rotatable bonds is 4. The van der Waals surface area contributed by atoms with E-state index in [-0.39, 0.29) is 12.1 Å². The number of esters is 1. The molecule has 0 amide bonds. The summed E-state index contributed by atoms with van der Waals surface area (Å²) in [6, 6.07) is 2.92. The lowest BCUT2D eigenvalue weighted by atomic mass is 10.2. The number of methoxy groups -OCH3 is 1. The lowest BCUT2D eigenvalue weighted by Gasteiger charge is -2.08. The van der Waals surface area contributed by atoms with Gasteiger partial charge in [0, 0.05) is 4.47 Å². The van der Waals surface area contributed by atoms with Crippen molar-refractivity contribution in [3.8, 4) is 0 Å². The highest BCUT2D eigenvalue weighted by Crippen LogP contribution is 2.22. The van der Waals surface area contributed by atoms with Gasteiger partial charge in [0.05, 0.1) is 18.4 Å². The van der Waals surface area contributed by atoms with Crippen LogP contribution in [0, 0.1) is 5.82 Å². The van der Waals surface area contributed by atoms with Crippen LogP contribution in [0.15, 0.2) is 16.6 Å². The fourth-order valence-corrected chi connectivity index (χ4v) is 1.57. The highest BCUT2D eigenvalue weighted by Gasteiger charge is 2.11. The summed E-state index contributed by atoms with van der Waals surface area (Å²) >= 11 is 3.15. The van der Waals surface area contributed by atoms with Crippen LogP contribution >= 0.6 is 15.9 Å². The van der Waals surface area contributed by atoms with Crippen LogP contribution in [0.4, 0.5) is 10.1 Å². The van der Waals surface area contributed by atoms with Crippen molar-refractivity contribution in [1.29, 1.82) is 0 Å². The van der Waals surface area contributed by atoms with Crippen LogP contribution in [0.25, 0.3) is 0 Å². The molecule has 1 rings (SSSR count). The van der Waals surface area contributed by atoms with Gasteiger partial charge < -0.3 is 10.1 Å². The fraction of sp³-hybridized carbons (Fsp3) is 0.200. The Kier molecular flexibility index (Phi) is 4.42. The molecule has 0 saturated heterocycles. The largest absolute Gasteiger partial charge is 0.468 e. The Morgan fingerprint density at radius 1 is 1.69 bits per heavy atom. The number of benzene rings is 1. The summed E-state index contributed by atoms with van der Waals surface area (Å²) in [6.45, 7) is -0.0484. The van der Waals surface area contributed by atoms with E-state index < -0.39 is 11.8 Å². The summed E-state index contributed by atoms with van der Waals surface area (Å²) in [4.78, 5) is 10.9. The molecule has 3 N–H and O–H groups in total. The molecular weight excluding hydrogens is 279 g/mol. The van der Waals surface area contributed by atoms with Crippen LogP contribution < -0.4 is 10.7 Å². The van der Waals surface area contributed by atoms with Gasteiger partial charge in [-0.1, -0.05) is 15.9 Å². The monoisotopic (exact) mass is 289 g/mol. The Hall–Kier alpha value is -1.43. The molecule has 0 aliphatic heterocycles. The van der Waals surface area contributed by atoms with Crippen molar-refractivity contribution in [2.24, 2.45) is 0 Å². The number of ether oxygens (including phenoxy) is 1. The molecule has 6 heteroatoms. The minimum Gasteiger partial charge on any atom is -0.468 e. The van der Waals surface area contributed by atoms with Gasteiger partial charge >= 0.3 is 5.97 Å². The molecule has 0 saturated carbocycles. The molecule has 0 atom stereocenters. The Balaban J connectivity index is 2.93. The third kappa shape index (κ3) is 3.03. The fourth-order valence-electron chi connectivity index (χ4n) is 1.14. The zero-order chi connectivity index (χ0) is 12.1. The molecule has 0 aliphatic carbocycles. The zero-order valence-electron chi connectivity index (χ0n) is 8.59. The van der Waals surface area contributed by atoms with E-state index >= 15 is 0 Å². The third-order valence-corrected chi connectivity index (χ3v) is 2.37. The van der Waals surface area contributed by atoms with Crippen molar-refractivity contribution >= 4 is 33.8 Å². The van der Waals surface area contributed by atoms with Crippen molar-refractivity contribution in [1.82, 2.24) is 0 Å². The highest BCUT2D eigenvalue weighted by molar-refractivity contribution is 9.10. The molecule has 4 nitrogen and oxygen atoms in total. The van der Waals surface area contributed by atoms with Crippen LogP contribution in [0.5, 0.6) is 0 Å². The van der Waals surface area contributed by atoms with E-state index in [9.17, 15) is 9.18 Å². The minimum absolute atomic E-state index is 0.0484. The number of halogens is 2. The predicted molar refractivity (Wildman–Crippen MR) is 61.7 cm³/mol. The van der Waals surface area contributed by atoms with Crippen LogP contribution in [0.3, 0.4) is 0 Å².